The van der Waals surface area contributed by atoms with Gasteiger partial charge in [-0.3, -0.25) is 4.79 Å². The third kappa shape index (κ3) is 7.02. The fraction of sp³-hybridized carbons (Fsp3) is 0.387. The van der Waals surface area contributed by atoms with Gasteiger partial charge in [0.25, 0.3) is 0 Å². The van der Waals surface area contributed by atoms with E-state index in [-0.39, 0.29) is 11.7 Å². The highest BCUT2D eigenvalue weighted by Crippen LogP contribution is 2.29. The summed E-state index contributed by atoms with van der Waals surface area (Å²) in [6, 6.07) is 19.9. The molecule has 1 fully saturated rings. The van der Waals surface area contributed by atoms with Gasteiger partial charge in [-0.15, -0.1) is 0 Å². The van der Waals surface area contributed by atoms with Gasteiger partial charge in [0, 0.05) is 12.1 Å². The average molecular weight is 473 g/mol. The predicted molar refractivity (Wildman–Crippen MR) is 143 cm³/mol. The largest absolute Gasteiger partial charge is 0.326 e. The van der Waals surface area contributed by atoms with Gasteiger partial charge >= 0.3 is 0 Å². The van der Waals surface area contributed by atoms with Crippen LogP contribution in [0.15, 0.2) is 60.7 Å². The van der Waals surface area contributed by atoms with Gasteiger partial charge in [0.1, 0.15) is 5.82 Å². The smallest absolute Gasteiger partial charge is 0.224 e. The van der Waals surface area contributed by atoms with Crippen LogP contribution < -0.4 is 5.32 Å². The normalized spacial score (nSPS) is 14.7. The number of likely N-dealkylation sites (tertiary alicyclic amines) is 1. The molecule has 0 atom stereocenters. The maximum atomic E-state index is 13.1. The maximum Gasteiger partial charge on any atom is 0.224 e. The van der Waals surface area contributed by atoms with E-state index in [0.717, 1.165) is 67.7 Å². The van der Waals surface area contributed by atoms with Crippen molar-refractivity contribution in [3.05, 3.63) is 99.9 Å². The number of rotatable bonds is 8. The van der Waals surface area contributed by atoms with Crippen molar-refractivity contribution in [2.24, 2.45) is 0 Å². The van der Waals surface area contributed by atoms with Crippen LogP contribution in [0.1, 0.15) is 65.0 Å². The van der Waals surface area contributed by atoms with Gasteiger partial charge in [0.2, 0.25) is 5.91 Å². The Bertz CT molecular complexity index is 1110. The first kappa shape index (κ1) is 25.1. The topological polar surface area (TPSA) is 32.3 Å². The van der Waals surface area contributed by atoms with Crippen molar-refractivity contribution in [1.82, 2.24) is 4.90 Å². The molecule has 3 nitrogen and oxygen atoms in total. The summed E-state index contributed by atoms with van der Waals surface area (Å²) in [5.74, 6) is 0.517. The van der Waals surface area contributed by atoms with Crippen LogP contribution in [0.2, 0.25) is 0 Å². The second-order valence-corrected chi connectivity index (χ2v) is 10.1. The lowest BCUT2D eigenvalue weighted by molar-refractivity contribution is -0.116. The molecule has 0 aliphatic carbocycles. The molecule has 1 saturated heterocycles. The quantitative estimate of drug-likeness (QED) is 0.385. The van der Waals surface area contributed by atoms with Crippen molar-refractivity contribution in [1.29, 1.82) is 0 Å². The molecule has 3 aromatic carbocycles. The number of carbonyl (C=O) groups is 1. The van der Waals surface area contributed by atoms with Gasteiger partial charge in [-0.2, -0.15) is 0 Å². The number of carbonyl (C=O) groups excluding carboxylic acids is 1. The molecule has 3 aromatic rings. The third-order valence-electron chi connectivity index (χ3n) is 7.18. The number of benzene rings is 3. The Hall–Kier alpha value is -2.98. The van der Waals surface area contributed by atoms with Crippen LogP contribution >= 0.6 is 0 Å². The lowest BCUT2D eigenvalue weighted by Crippen LogP contribution is -2.34. The first-order chi connectivity index (χ1) is 16.9. The molecule has 1 heterocycles. The van der Waals surface area contributed by atoms with Crippen molar-refractivity contribution in [2.75, 3.05) is 25.0 Å². The summed E-state index contributed by atoms with van der Waals surface area (Å²) in [5.41, 5.74) is 8.24. The van der Waals surface area contributed by atoms with E-state index >= 15 is 0 Å². The molecule has 0 radical (unpaired) electrons. The summed E-state index contributed by atoms with van der Waals surface area (Å²) in [5, 5.41) is 3.12. The summed E-state index contributed by atoms with van der Waals surface area (Å²) in [6.07, 6.45) is 4.59. The standard InChI is InChI=1S/C31H37FN2O/c1-22-19-23(2)31(24(3)20-22)33-30(35)5-4-16-34-17-14-28(15-18-34)27-10-6-25(7-11-27)21-26-8-12-29(32)13-9-26/h6-13,19-20,28H,4-5,14-18,21H2,1-3H3,(H,33,35). The highest BCUT2D eigenvalue weighted by Gasteiger charge is 2.20. The van der Waals surface area contributed by atoms with Crippen molar-refractivity contribution >= 4 is 11.6 Å². The van der Waals surface area contributed by atoms with E-state index < -0.39 is 0 Å². The molecule has 1 aliphatic rings. The van der Waals surface area contributed by atoms with Gasteiger partial charge in [-0.05, 0) is 112 Å². The van der Waals surface area contributed by atoms with Crippen molar-refractivity contribution in [2.45, 2.75) is 58.8 Å². The Labute approximate surface area is 209 Å². The van der Waals surface area contributed by atoms with Crippen LogP contribution in [-0.4, -0.2) is 30.4 Å². The zero-order valence-electron chi connectivity index (χ0n) is 21.2. The van der Waals surface area contributed by atoms with E-state index in [0.29, 0.717) is 12.3 Å². The monoisotopic (exact) mass is 472 g/mol. The zero-order chi connectivity index (χ0) is 24.8. The minimum atomic E-state index is -0.189. The molecule has 1 amide bonds. The van der Waals surface area contributed by atoms with Gasteiger partial charge in [-0.25, -0.2) is 4.39 Å². The van der Waals surface area contributed by atoms with Crippen LogP contribution in [0.4, 0.5) is 10.1 Å². The maximum absolute atomic E-state index is 13.1. The van der Waals surface area contributed by atoms with Crippen LogP contribution in [0, 0.1) is 26.6 Å². The highest BCUT2D eigenvalue weighted by molar-refractivity contribution is 5.92. The molecule has 0 unspecified atom stereocenters. The van der Waals surface area contributed by atoms with Gasteiger partial charge in [0.05, 0.1) is 0 Å². The molecule has 4 rings (SSSR count). The van der Waals surface area contributed by atoms with E-state index in [1.54, 1.807) is 0 Å². The Kier molecular flexibility index (Phi) is 8.35. The Morgan fingerprint density at radius 3 is 2.09 bits per heavy atom. The first-order valence-electron chi connectivity index (χ1n) is 12.8. The lowest BCUT2D eigenvalue weighted by atomic mass is 9.88. The first-order valence-corrected chi connectivity index (χ1v) is 12.8. The second kappa shape index (κ2) is 11.6. The lowest BCUT2D eigenvalue weighted by Gasteiger charge is -2.32. The number of piperidine rings is 1. The van der Waals surface area contributed by atoms with Gasteiger partial charge < -0.3 is 10.2 Å². The Morgan fingerprint density at radius 2 is 1.49 bits per heavy atom. The molecule has 0 bridgehead atoms. The molecule has 0 spiro atoms. The fourth-order valence-corrected chi connectivity index (χ4v) is 5.28. The van der Waals surface area contributed by atoms with Crippen molar-refractivity contribution < 1.29 is 9.18 Å². The molecular weight excluding hydrogens is 435 g/mol. The third-order valence-corrected chi connectivity index (χ3v) is 7.18. The fourth-order valence-electron chi connectivity index (χ4n) is 5.28. The van der Waals surface area contributed by atoms with Gasteiger partial charge in [-0.1, -0.05) is 54.1 Å². The Balaban J connectivity index is 1.18. The molecule has 4 heteroatoms. The van der Waals surface area contributed by atoms with Crippen LogP contribution in [-0.2, 0) is 11.2 Å². The minimum Gasteiger partial charge on any atom is -0.326 e. The summed E-state index contributed by atoms with van der Waals surface area (Å²) in [7, 11) is 0. The number of aryl methyl sites for hydroxylation is 3. The van der Waals surface area contributed by atoms with E-state index in [9.17, 15) is 9.18 Å². The van der Waals surface area contributed by atoms with E-state index in [2.05, 4.69) is 67.4 Å². The number of hydrogen-bond donors (Lipinski definition) is 1. The Morgan fingerprint density at radius 1 is 0.914 bits per heavy atom. The van der Waals surface area contributed by atoms with Gasteiger partial charge in [0.15, 0.2) is 0 Å². The van der Waals surface area contributed by atoms with Crippen LogP contribution in [0.5, 0.6) is 0 Å². The number of amides is 1. The number of halogens is 1. The molecule has 0 aromatic heterocycles. The molecule has 184 valence electrons. The minimum absolute atomic E-state index is 0.107. The van der Waals surface area contributed by atoms with Crippen LogP contribution in [0.25, 0.3) is 0 Å². The second-order valence-electron chi connectivity index (χ2n) is 10.1. The van der Waals surface area contributed by atoms with E-state index in [1.807, 2.05) is 12.1 Å². The molecule has 1 N–H and O–H groups in total. The van der Waals surface area contributed by atoms with E-state index in [1.165, 1.54) is 28.8 Å². The molecule has 1 aliphatic heterocycles. The highest BCUT2D eigenvalue weighted by atomic mass is 19.1. The summed E-state index contributed by atoms with van der Waals surface area (Å²) in [6.45, 7) is 9.33. The SMILES string of the molecule is Cc1cc(C)c(NC(=O)CCCN2CCC(c3ccc(Cc4ccc(F)cc4)cc3)CC2)c(C)c1. The zero-order valence-corrected chi connectivity index (χ0v) is 21.2. The number of anilines is 1. The molecule has 0 saturated carbocycles. The summed E-state index contributed by atoms with van der Waals surface area (Å²) in [4.78, 5) is 15.0. The molecule has 35 heavy (non-hydrogen) atoms. The van der Waals surface area contributed by atoms with Crippen LogP contribution in [0.3, 0.4) is 0 Å². The molecular formula is C31H37FN2O. The number of hydrogen-bond acceptors (Lipinski definition) is 2. The summed E-state index contributed by atoms with van der Waals surface area (Å²) < 4.78 is 13.1. The number of nitrogens with zero attached hydrogens (tertiary/aromatic N) is 1. The summed E-state index contributed by atoms with van der Waals surface area (Å²) >= 11 is 0. The van der Waals surface area contributed by atoms with Crippen molar-refractivity contribution in [3.63, 3.8) is 0 Å². The van der Waals surface area contributed by atoms with Crippen molar-refractivity contribution in [3.8, 4) is 0 Å². The van der Waals surface area contributed by atoms with E-state index in [4.69, 9.17) is 0 Å². The number of nitrogens with one attached hydrogen (secondary N) is 1. The average Bonchev–Trinajstić information content (AvgIpc) is 2.84. The predicted octanol–water partition coefficient (Wildman–Crippen LogP) is 6.94.